The quantitative estimate of drug-likeness (QED) is 0.534. The molecule has 0 aliphatic carbocycles. The number of hydrogen-bond donors (Lipinski definition) is 0. The van der Waals surface area contributed by atoms with Crippen molar-refractivity contribution in [1.29, 1.82) is 0 Å². The van der Waals surface area contributed by atoms with E-state index in [1.54, 1.807) is 6.26 Å². The van der Waals surface area contributed by atoms with Gasteiger partial charge in [0.1, 0.15) is 6.61 Å². The first-order valence-corrected chi connectivity index (χ1v) is 1.93. The number of hydrogen-bond acceptors (Lipinski definition) is 1. The Bertz CT molecular complexity index is 74.1. The van der Waals surface area contributed by atoms with Gasteiger partial charge in [-0.25, -0.2) is 0 Å². The van der Waals surface area contributed by atoms with Gasteiger partial charge in [0, 0.05) is 23.7 Å². The van der Waals surface area contributed by atoms with Gasteiger partial charge in [-0.3, -0.25) is 0 Å². The van der Waals surface area contributed by atoms with Crippen molar-refractivity contribution in [2.45, 2.75) is 0 Å². The summed E-state index contributed by atoms with van der Waals surface area (Å²) in [6.07, 6.45) is 7.47. The first-order valence-electron chi connectivity index (χ1n) is 1.93. The van der Waals surface area contributed by atoms with Gasteiger partial charge >= 0.3 is 0 Å². The minimum atomic E-state index is 0. The van der Waals surface area contributed by atoms with Gasteiger partial charge in [-0.1, -0.05) is 6.08 Å². The summed E-state index contributed by atoms with van der Waals surface area (Å²) < 4.78 is 4.80. The topological polar surface area (TPSA) is 9.23 Å². The number of rotatable bonds is 0. The van der Waals surface area contributed by atoms with Crippen LogP contribution in [0.15, 0.2) is 24.5 Å². The molecule has 0 aromatic rings. The summed E-state index contributed by atoms with van der Waals surface area (Å²) in [7, 11) is 0. The van der Waals surface area contributed by atoms with Crippen molar-refractivity contribution in [2.24, 2.45) is 0 Å². The third-order valence-electron chi connectivity index (χ3n) is 0.614. The normalized spacial score (nSPS) is 14.9. The van der Waals surface area contributed by atoms with Crippen molar-refractivity contribution in [3.8, 4) is 0 Å². The van der Waals surface area contributed by atoms with E-state index in [-0.39, 0.29) is 23.7 Å². The Morgan fingerprint density at radius 2 is 2.14 bits per heavy atom. The first-order chi connectivity index (χ1) is 3.00. The second kappa shape index (κ2) is 4.23. The molecular weight excluding hydrogens is 204 g/mol. The monoisotopic (exact) mass is 212 g/mol. The Kier molecular flexibility index (Phi) is 4.28. The molecule has 0 fully saturated rings. The standard InChI is InChI=1S/C5H6O.Te/c1-2-4-6-5-3-1;/h1-4H,5H2;. The molecule has 0 saturated carbocycles. The van der Waals surface area contributed by atoms with Gasteiger partial charge in [0.2, 0.25) is 0 Å². The number of allylic oxidation sites excluding steroid dienone is 2. The van der Waals surface area contributed by atoms with Gasteiger partial charge in [0.05, 0.1) is 6.26 Å². The van der Waals surface area contributed by atoms with E-state index in [2.05, 4.69) is 0 Å². The van der Waals surface area contributed by atoms with E-state index in [9.17, 15) is 0 Å². The van der Waals surface area contributed by atoms with Crippen LogP contribution in [0.2, 0.25) is 0 Å². The van der Waals surface area contributed by atoms with Crippen LogP contribution in [0.4, 0.5) is 0 Å². The van der Waals surface area contributed by atoms with Crippen LogP contribution in [0.5, 0.6) is 0 Å². The molecule has 1 nitrogen and oxygen atoms in total. The summed E-state index contributed by atoms with van der Waals surface area (Å²) in [5.41, 5.74) is 0. The molecule has 0 unspecified atom stereocenters. The van der Waals surface area contributed by atoms with E-state index in [0.29, 0.717) is 0 Å². The maximum absolute atomic E-state index is 4.80. The fourth-order valence-electron chi connectivity index (χ4n) is 0.346. The van der Waals surface area contributed by atoms with Crippen molar-refractivity contribution < 1.29 is 4.74 Å². The summed E-state index contributed by atoms with van der Waals surface area (Å²) in [6, 6.07) is 0. The summed E-state index contributed by atoms with van der Waals surface area (Å²) in [6.45, 7) is 0.733. The summed E-state index contributed by atoms with van der Waals surface area (Å²) >= 11 is 0. The Labute approximate surface area is 59.8 Å². The SMILES string of the molecule is C1=CCOC=C1.[Te]. The predicted molar refractivity (Wildman–Crippen MR) is 30.0 cm³/mol. The van der Waals surface area contributed by atoms with E-state index in [4.69, 9.17) is 4.74 Å². The van der Waals surface area contributed by atoms with Crippen molar-refractivity contribution in [3.63, 3.8) is 0 Å². The molecule has 1 heterocycles. The van der Waals surface area contributed by atoms with E-state index >= 15 is 0 Å². The fraction of sp³-hybridized carbons (Fsp3) is 0.200. The van der Waals surface area contributed by atoms with Crippen LogP contribution in [0.25, 0.3) is 0 Å². The second-order valence-corrected chi connectivity index (χ2v) is 1.09. The zero-order valence-electron chi connectivity index (χ0n) is 3.83. The molecule has 2 radical (unpaired) electrons. The van der Waals surface area contributed by atoms with Crippen molar-refractivity contribution in [3.05, 3.63) is 24.5 Å². The molecule has 0 spiro atoms. The summed E-state index contributed by atoms with van der Waals surface area (Å²) in [5, 5.41) is 0. The molecule has 2 heteroatoms. The van der Waals surface area contributed by atoms with Gasteiger partial charge < -0.3 is 4.74 Å². The molecule has 0 N–H and O–H groups in total. The second-order valence-electron chi connectivity index (χ2n) is 1.09. The largest absolute Gasteiger partial charge is 0.497 e. The number of ether oxygens (including phenoxy) is 1. The van der Waals surface area contributed by atoms with Gasteiger partial charge in [0.15, 0.2) is 0 Å². The maximum Gasteiger partial charge on any atom is 0.106 e. The van der Waals surface area contributed by atoms with Gasteiger partial charge in [0.25, 0.3) is 0 Å². The predicted octanol–water partition coefficient (Wildman–Crippen LogP) is 0.706. The molecule has 0 amide bonds. The average molecular weight is 210 g/mol. The Morgan fingerprint density at radius 1 is 1.29 bits per heavy atom. The minimum absolute atomic E-state index is 0. The van der Waals surface area contributed by atoms with Crippen molar-refractivity contribution >= 4 is 23.7 Å². The van der Waals surface area contributed by atoms with E-state index in [1.807, 2.05) is 18.2 Å². The van der Waals surface area contributed by atoms with Crippen LogP contribution < -0.4 is 0 Å². The van der Waals surface area contributed by atoms with Gasteiger partial charge in [-0.2, -0.15) is 0 Å². The van der Waals surface area contributed by atoms with Crippen LogP contribution in [0, 0.1) is 0 Å². The van der Waals surface area contributed by atoms with Crippen molar-refractivity contribution in [2.75, 3.05) is 6.61 Å². The molecule has 7 heavy (non-hydrogen) atoms. The third-order valence-corrected chi connectivity index (χ3v) is 0.614. The molecule has 1 rings (SSSR count). The molecule has 0 bridgehead atoms. The molecule has 38 valence electrons. The van der Waals surface area contributed by atoms with Gasteiger partial charge in [-0.15, -0.1) is 0 Å². The van der Waals surface area contributed by atoms with E-state index in [1.165, 1.54) is 0 Å². The van der Waals surface area contributed by atoms with Crippen LogP contribution in [0.3, 0.4) is 0 Å². The zero-order valence-corrected chi connectivity index (χ0v) is 6.16. The third kappa shape index (κ3) is 2.73. The first kappa shape index (κ1) is 7.07. The molecule has 1 aliphatic heterocycles. The maximum atomic E-state index is 4.80. The Hall–Kier alpha value is 0.0696. The molecule has 1 aliphatic rings. The summed E-state index contributed by atoms with van der Waals surface area (Å²) in [5.74, 6) is 0. The van der Waals surface area contributed by atoms with Crippen LogP contribution in [-0.2, 0) is 4.74 Å². The van der Waals surface area contributed by atoms with E-state index < -0.39 is 0 Å². The molecule has 0 aromatic heterocycles. The minimum Gasteiger partial charge on any atom is -0.497 e. The molecular formula is C5H6OTe. The smallest absolute Gasteiger partial charge is 0.106 e. The molecule has 0 atom stereocenters. The van der Waals surface area contributed by atoms with Crippen LogP contribution >= 0.6 is 0 Å². The molecule has 0 saturated heterocycles. The Morgan fingerprint density at radius 3 is 2.29 bits per heavy atom. The van der Waals surface area contributed by atoms with Crippen LogP contribution in [-0.4, -0.2) is 30.3 Å². The summed E-state index contributed by atoms with van der Waals surface area (Å²) in [4.78, 5) is 0. The fourth-order valence-corrected chi connectivity index (χ4v) is 0.346. The molecule has 0 aromatic carbocycles. The van der Waals surface area contributed by atoms with E-state index in [0.717, 1.165) is 6.61 Å². The average Bonchev–Trinajstić information content (AvgIpc) is 1.72. The van der Waals surface area contributed by atoms with Gasteiger partial charge in [-0.05, 0) is 12.2 Å². The van der Waals surface area contributed by atoms with Crippen molar-refractivity contribution in [1.82, 2.24) is 0 Å². The van der Waals surface area contributed by atoms with Crippen LogP contribution in [0.1, 0.15) is 0 Å². The zero-order chi connectivity index (χ0) is 4.24. The Balaban J connectivity index is 0.000000360.